The molecule has 0 atom stereocenters. The maximum atomic E-state index is 5.15. The molecule has 2 nitrogen and oxygen atoms in total. The fourth-order valence-corrected chi connectivity index (χ4v) is 1.38. The second kappa shape index (κ2) is 5.12. The Morgan fingerprint density at radius 3 is 2.56 bits per heavy atom. The molecule has 16 heavy (non-hydrogen) atoms. The first-order valence-corrected chi connectivity index (χ1v) is 5.11. The lowest BCUT2D eigenvalue weighted by Crippen LogP contribution is -1.85. The number of benzene rings is 2. The van der Waals surface area contributed by atoms with Crippen LogP contribution in [0.2, 0.25) is 0 Å². The summed E-state index contributed by atoms with van der Waals surface area (Å²) in [7, 11) is 1.66. The Bertz CT molecular complexity index is 477. The third-order valence-corrected chi connectivity index (χ3v) is 2.21. The minimum atomic E-state index is 0.844. The lowest BCUT2D eigenvalue weighted by atomic mass is 10.2. The first-order chi connectivity index (χ1) is 7.88. The number of aliphatic imine (C=N–C) groups is 1. The van der Waals surface area contributed by atoms with Gasteiger partial charge < -0.3 is 4.74 Å². The first kappa shape index (κ1) is 10.4. The maximum absolute atomic E-state index is 5.15. The van der Waals surface area contributed by atoms with E-state index in [1.165, 1.54) is 0 Å². The minimum Gasteiger partial charge on any atom is -0.497 e. The fourth-order valence-electron chi connectivity index (χ4n) is 1.38. The number of ether oxygens (including phenoxy) is 1. The van der Waals surface area contributed by atoms with E-state index in [4.69, 9.17) is 4.74 Å². The summed E-state index contributed by atoms with van der Waals surface area (Å²) >= 11 is 0. The zero-order valence-electron chi connectivity index (χ0n) is 9.13. The molecule has 2 heteroatoms. The normalized spacial score (nSPS) is 10.6. The van der Waals surface area contributed by atoms with Crippen LogP contribution in [-0.2, 0) is 0 Å². The summed E-state index contributed by atoms with van der Waals surface area (Å²) < 4.78 is 5.15. The molecule has 2 aromatic carbocycles. The zero-order chi connectivity index (χ0) is 11.2. The van der Waals surface area contributed by atoms with Crippen molar-refractivity contribution in [2.75, 3.05) is 7.11 Å². The second-order valence-corrected chi connectivity index (χ2v) is 3.37. The van der Waals surface area contributed by atoms with Crippen molar-refractivity contribution in [1.82, 2.24) is 0 Å². The van der Waals surface area contributed by atoms with E-state index >= 15 is 0 Å². The molecule has 0 unspecified atom stereocenters. The SMILES string of the molecule is COc1cccc(/C=N/c2ccccc2)c1. The lowest BCUT2D eigenvalue weighted by Gasteiger charge is -1.99. The van der Waals surface area contributed by atoms with Gasteiger partial charge in [-0.2, -0.15) is 0 Å². The third kappa shape index (κ3) is 2.70. The molecule has 0 amide bonds. The Morgan fingerprint density at radius 2 is 1.81 bits per heavy atom. The molecular formula is C14H13NO. The molecule has 0 saturated carbocycles. The van der Waals surface area contributed by atoms with E-state index in [1.54, 1.807) is 7.11 Å². The highest BCUT2D eigenvalue weighted by molar-refractivity contribution is 5.82. The first-order valence-electron chi connectivity index (χ1n) is 5.11. The quantitative estimate of drug-likeness (QED) is 0.712. The number of rotatable bonds is 3. The Balaban J connectivity index is 2.17. The number of hydrogen-bond acceptors (Lipinski definition) is 2. The summed E-state index contributed by atoms with van der Waals surface area (Å²) in [5, 5.41) is 0. The van der Waals surface area contributed by atoms with Gasteiger partial charge in [0.25, 0.3) is 0 Å². The van der Waals surface area contributed by atoms with E-state index in [0.29, 0.717) is 0 Å². The molecule has 0 spiro atoms. The van der Waals surface area contributed by atoms with Gasteiger partial charge in [0.2, 0.25) is 0 Å². The van der Waals surface area contributed by atoms with E-state index in [-0.39, 0.29) is 0 Å². The van der Waals surface area contributed by atoms with Crippen molar-refractivity contribution in [3.63, 3.8) is 0 Å². The van der Waals surface area contributed by atoms with Crippen LogP contribution in [0.3, 0.4) is 0 Å². The van der Waals surface area contributed by atoms with E-state index in [9.17, 15) is 0 Å². The summed E-state index contributed by atoms with van der Waals surface area (Å²) in [6, 6.07) is 17.7. The van der Waals surface area contributed by atoms with Gasteiger partial charge in [-0.25, -0.2) is 0 Å². The van der Waals surface area contributed by atoms with Crippen molar-refractivity contribution in [2.24, 2.45) is 4.99 Å². The molecular weight excluding hydrogens is 198 g/mol. The van der Waals surface area contributed by atoms with Crippen LogP contribution in [0.4, 0.5) is 5.69 Å². The molecule has 0 aliphatic carbocycles. The van der Waals surface area contributed by atoms with Gasteiger partial charge in [0.05, 0.1) is 12.8 Å². The Morgan fingerprint density at radius 1 is 1.00 bits per heavy atom. The van der Waals surface area contributed by atoms with E-state index in [0.717, 1.165) is 17.0 Å². The molecule has 2 aromatic rings. The number of methoxy groups -OCH3 is 1. The fraction of sp³-hybridized carbons (Fsp3) is 0.0714. The highest BCUT2D eigenvalue weighted by Gasteiger charge is 1.92. The molecule has 0 N–H and O–H groups in total. The van der Waals surface area contributed by atoms with Crippen LogP contribution in [0.25, 0.3) is 0 Å². The van der Waals surface area contributed by atoms with Crippen LogP contribution in [0, 0.1) is 0 Å². The summed E-state index contributed by atoms with van der Waals surface area (Å²) in [4.78, 5) is 4.37. The number of para-hydroxylation sites is 1. The standard InChI is InChI=1S/C14H13NO/c1-16-14-9-5-6-12(10-14)11-15-13-7-3-2-4-8-13/h2-11H,1H3/b15-11+. The van der Waals surface area contributed by atoms with Crippen molar-refractivity contribution in [3.8, 4) is 5.75 Å². The van der Waals surface area contributed by atoms with Crippen LogP contribution in [-0.4, -0.2) is 13.3 Å². The van der Waals surface area contributed by atoms with Crippen LogP contribution in [0.15, 0.2) is 59.6 Å². The maximum Gasteiger partial charge on any atom is 0.119 e. The average molecular weight is 211 g/mol. The highest BCUT2D eigenvalue weighted by atomic mass is 16.5. The third-order valence-electron chi connectivity index (χ3n) is 2.21. The van der Waals surface area contributed by atoms with Gasteiger partial charge in [0.1, 0.15) is 5.75 Å². The summed E-state index contributed by atoms with van der Waals surface area (Å²) in [5.41, 5.74) is 1.98. The van der Waals surface area contributed by atoms with Gasteiger partial charge in [-0.15, -0.1) is 0 Å². The largest absolute Gasteiger partial charge is 0.497 e. The monoisotopic (exact) mass is 211 g/mol. The van der Waals surface area contributed by atoms with Gasteiger partial charge in [-0.05, 0) is 29.8 Å². The van der Waals surface area contributed by atoms with Crippen molar-refractivity contribution in [3.05, 3.63) is 60.2 Å². The molecule has 0 saturated heterocycles. The topological polar surface area (TPSA) is 21.6 Å². The molecule has 0 aromatic heterocycles. The Kier molecular flexibility index (Phi) is 3.34. The van der Waals surface area contributed by atoms with Crippen LogP contribution < -0.4 is 4.74 Å². The van der Waals surface area contributed by atoms with E-state index in [2.05, 4.69) is 4.99 Å². The lowest BCUT2D eigenvalue weighted by molar-refractivity contribution is 0.415. The molecule has 0 aliphatic heterocycles. The van der Waals surface area contributed by atoms with Crippen LogP contribution in [0.1, 0.15) is 5.56 Å². The molecule has 80 valence electrons. The summed E-state index contributed by atoms with van der Waals surface area (Å²) in [6.07, 6.45) is 1.83. The van der Waals surface area contributed by atoms with Crippen molar-refractivity contribution in [1.29, 1.82) is 0 Å². The molecule has 0 radical (unpaired) electrons. The van der Waals surface area contributed by atoms with Crippen LogP contribution in [0.5, 0.6) is 5.75 Å². The average Bonchev–Trinajstić information content (AvgIpc) is 2.38. The minimum absolute atomic E-state index is 0.844. The summed E-state index contributed by atoms with van der Waals surface area (Å²) in [6.45, 7) is 0. The molecule has 0 bridgehead atoms. The Hall–Kier alpha value is -2.09. The van der Waals surface area contributed by atoms with Crippen molar-refractivity contribution in [2.45, 2.75) is 0 Å². The summed E-state index contributed by atoms with van der Waals surface area (Å²) in [5.74, 6) is 0.844. The van der Waals surface area contributed by atoms with Crippen molar-refractivity contribution >= 4 is 11.9 Å². The molecule has 0 heterocycles. The van der Waals surface area contributed by atoms with Gasteiger partial charge in [0, 0.05) is 6.21 Å². The zero-order valence-corrected chi connectivity index (χ0v) is 9.13. The second-order valence-electron chi connectivity index (χ2n) is 3.37. The number of hydrogen-bond donors (Lipinski definition) is 0. The number of nitrogens with zero attached hydrogens (tertiary/aromatic N) is 1. The predicted molar refractivity (Wildman–Crippen MR) is 66.7 cm³/mol. The Labute approximate surface area is 95.2 Å². The van der Waals surface area contributed by atoms with Gasteiger partial charge in [0.15, 0.2) is 0 Å². The van der Waals surface area contributed by atoms with Gasteiger partial charge >= 0.3 is 0 Å². The highest BCUT2D eigenvalue weighted by Crippen LogP contribution is 2.13. The van der Waals surface area contributed by atoms with Crippen LogP contribution >= 0.6 is 0 Å². The van der Waals surface area contributed by atoms with E-state index in [1.807, 2.05) is 60.8 Å². The van der Waals surface area contributed by atoms with Gasteiger partial charge in [-0.1, -0.05) is 30.3 Å². The van der Waals surface area contributed by atoms with Gasteiger partial charge in [-0.3, -0.25) is 4.99 Å². The smallest absolute Gasteiger partial charge is 0.119 e. The molecule has 0 aliphatic rings. The van der Waals surface area contributed by atoms with E-state index < -0.39 is 0 Å². The molecule has 0 fully saturated rings. The molecule has 2 rings (SSSR count). The van der Waals surface area contributed by atoms with Crippen molar-refractivity contribution < 1.29 is 4.74 Å². The predicted octanol–water partition coefficient (Wildman–Crippen LogP) is 3.45.